The maximum Gasteiger partial charge on any atom is 0.346 e. The molecule has 0 saturated carbocycles. The topological polar surface area (TPSA) is 43.8 Å². The zero-order valence-electron chi connectivity index (χ0n) is 12.4. The summed E-state index contributed by atoms with van der Waals surface area (Å²) >= 11 is 1.39. The van der Waals surface area contributed by atoms with Crippen LogP contribution in [-0.2, 0) is 6.54 Å². The predicted octanol–water partition coefficient (Wildman–Crippen LogP) is 2.74. The van der Waals surface area contributed by atoms with Gasteiger partial charge >= 0.3 is 5.97 Å². The molecule has 1 saturated heterocycles. The third-order valence-electron chi connectivity index (χ3n) is 4.32. The molecule has 5 heteroatoms. The Bertz CT molecular complexity index is 667. The first-order chi connectivity index (χ1) is 10.1. The van der Waals surface area contributed by atoms with Gasteiger partial charge in [0.05, 0.1) is 0 Å². The van der Waals surface area contributed by atoms with Gasteiger partial charge in [0.15, 0.2) is 0 Å². The number of rotatable bonds is 3. The molecule has 0 aliphatic carbocycles. The van der Waals surface area contributed by atoms with Crippen molar-refractivity contribution in [1.29, 1.82) is 0 Å². The highest BCUT2D eigenvalue weighted by molar-refractivity contribution is 7.21. The van der Waals surface area contributed by atoms with Crippen molar-refractivity contribution in [2.75, 3.05) is 26.7 Å². The van der Waals surface area contributed by atoms with Crippen LogP contribution in [-0.4, -0.2) is 53.6 Å². The Kier molecular flexibility index (Phi) is 3.97. The Hall–Kier alpha value is -1.43. The van der Waals surface area contributed by atoms with Crippen molar-refractivity contribution in [3.05, 3.63) is 34.7 Å². The normalized spacial score (nSPS) is 21.0. The summed E-state index contributed by atoms with van der Waals surface area (Å²) < 4.78 is 1.06. The summed E-state index contributed by atoms with van der Waals surface area (Å²) in [6, 6.07) is 8.50. The lowest BCUT2D eigenvalue weighted by molar-refractivity contribution is 0.0697. The van der Waals surface area contributed by atoms with Crippen molar-refractivity contribution in [1.82, 2.24) is 9.80 Å². The van der Waals surface area contributed by atoms with Gasteiger partial charge in [-0.15, -0.1) is 11.3 Å². The molecule has 2 aromatic rings. The number of hydrogen-bond acceptors (Lipinski definition) is 4. The van der Waals surface area contributed by atoms with Gasteiger partial charge in [0.1, 0.15) is 4.88 Å². The fourth-order valence-corrected chi connectivity index (χ4v) is 3.97. The van der Waals surface area contributed by atoms with E-state index >= 15 is 0 Å². The van der Waals surface area contributed by atoms with Crippen LogP contribution < -0.4 is 0 Å². The van der Waals surface area contributed by atoms with Gasteiger partial charge < -0.3 is 10.0 Å². The van der Waals surface area contributed by atoms with Crippen LogP contribution in [0.1, 0.15) is 22.2 Å². The SMILES string of the molecule is CC1CN(Cc2c(C(=O)O)sc3ccccc23)CCN1C. The minimum atomic E-state index is -0.812. The number of piperazine rings is 1. The lowest BCUT2D eigenvalue weighted by Crippen LogP contribution is -2.49. The lowest BCUT2D eigenvalue weighted by atomic mass is 10.1. The molecule has 3 rings (SSSR count). The molecule has 1 fully saturated rings. The van der Waals surface area contributed by atoms with Crippen LogP contribution in [0.25, 0.3) is 10.1 Å². The molecule has 0 spiro atoms. The van der Waals surface area contributed by atoms with E-state index in [-0.39, 0.29) is 0 Å². The number of benzene rings is 1. The number of aromatic carboxylic acids is 1. The minimum Gasteiger partial charge on any atom is -0.477 e. The molecule has 112 valence electrons. The zero-order valence-corrected chi connectivity index (χ0v) is 13.2. The highest BCUT2D eigenvalue weighted by atomic mass is 32.1. The van der Waals surface area contributed by atoms with Crippen molar-refractivity contribution in [3.8, 4) is 0 Å². The van der Waals surface area contributed by atoms with Crippen molar-refractivity contribution < 1.29 is 9.90 Å². The van der Waals surface area contributed by atoms with Crippen LogP contribution in [0, 0.1) is 0 Å². The first kappa shape index (κ1) is 14.5. The van der Waals surface area contributed by atoms with Gasteiger partial charge in [0, 0.05) is 36.9 Å². The van der Waals surface area contributed by atoms with Crippen LogP contribution in [0.3, 0.4) is 0 Å². The third kappa shape index (κ3) is 2.81. The largest absolute Gasteiger partial charge is 0.477 e. The quantitative estimate of drug-likeness (QED) is 0.947. The van der Waals surface area contributed by atoms with E-state index in [2.05, 4.69) is 23.8 Å². The monoisotopic (exact) mass is 304 g/mol. The standard InChI is InChI=1S/C16H20N2O2S/c1-11-9-18(8-7-17(11)2)10-13-12-5-3-4-6-14(12)21-15(13)16(19)20/h3-6,11H,7-10H2,1-2H3,(H,19,20). The average Bonchev–Trinajstić information content (AvgIpc) is 2.82. The van der Waals surface area contributed by atoms with Gasteiger partial charge in [-0.25, -0.2) is 4.79 Å². The molecule has 2 heterocycles. The van der Waals surface area contributed by atoms with E-state index < -0.39 is 5.97 Å². The average molecular weight is 304 g/mol. The second-order valence-corrected chi connectivity index (χ2v) is 6.83. The smallest absolute Gasteiger partial charge is 0.346 e. The van der Waals surface area contributed by atoms with Crippen molar-refractivity contribution in [2.45, 2.75) is 19.5 Å². The molecule has 21 heavy (non-hydrogen) atoms. The highest BCUT2D eigenvalue weighted by Gasteiger charge is 2.24. The van der Waals surface area contributed by atoms with Crippen molar-refractivity contribution >= 4 is 27.4 Å². The molecule has 0 radical (unpaired) electrons. The van der Waals surface area contributed by atoms with E-state index in [0.29, 0.717) is 10.9 Å². The van der Waals surface area contributed by atoms with Gasteiger partial charge in [-0.05, 0) is 31.0 Å². The lowest BCUT2D eigenvalue weighted by Gasteiger charge is -2.37. The summed E-state index contributed by atoms with van der Waals surface area (Å²) in [6.45, 7) is 5.95. The second kappa shape index (κ2) is 5.75. The van der Waals surface area contributed by atoms with Gasteiger partial charge in [0.2, 0.25) is 0 Å². The number of carboxylic acid groups (broad SMARTS) is 1. The summed E-state index contributed by atoms with van der Waals surface area (Å²) in [5.74, 6) is -0.812. The summed E-state index contributed by atoms with van der Waals surface area (Å²) in [6.07, 6.45) is 0. The molecule has 0 bridgehead atoms. The maximum atomic E-state index is 11.5. The number of fused-ring (bicyclic) bond motifs is 1. The van der Waals surface area contributed by atoms with Crippen molar-refractivity contribution in [3.63, 3.8) is 0 Å². The molecule has 1 N–H and O–H groups in total. The first-order valence-corrected chi connectivity index (χ1v) is 8.04. The fourth-order valence-electron chi connectivity index (χ4n) is 2.92. The third-order valence-corrected chi connectivity index (χ3v) is 5.52. The number of likely N-dealkylation sites (N-methyl/N-ethyl adjacent to an activating group) is 1. The molecule has 1 aliphatic rings. The Morgan fingerprint density at radius 3 is 2.86 bits per heavy atom. The second-order valence-electron chi connectivity index (χ2n) is 5.78. The van der Waals surface area contributed by atoms with Crippen LogP contribution in [0.2, 0.25) is 0 Å². The van der Waals surface area contributed by atoms with Crippen LogP contribution in [0.5, 0.6) is 0 Å². The van der Waals surface area contributed by atoms with E-state index in [1.807, 2.05) is 24.3 Å². The fraction of sp³-hybridized carbons (Fsp3) is 0.438. The predicted molar refractivity (Wildman–Crippen MR) is 86.2 cm³/mol. The van der Waals surface area contributed by atoms with Gasteiger partial charge in [0.25, 0.3) is 0 Å². The first-order valence-electron chi connectivity index (χ1n) is 7.22. The summed E-state index contributed by atoms with van der Waals surface area (Å²) in [5.41, 5.74) is 0.972. The number of hydrogen-bond donors (Lipinski definition) is 1. The van der Waals surface area contributed by atoms with E-state index in [1.165, 1.54) is 11.3 Å². The number of thiophene rings is 1. The molecule has 1 aromatic heterocycles. The van der Waals surface area contributed by atoms with E-state index in [9.17, 15) is 9.90 Å². The molecule has 1 aromatic carbocycles. The zero-order chi connectivity index (χ0) is 15.0. The molecule has 1 unspecified atom stereocenters. The van der Waals surface area contributed by atoms with Gasteiger partial charge in [-0.1, -0.05) is 18.2 Å². The van der Waals surface area contributed by atoms with Crippen LogP contribution in [0.15, 0.2) is 24.3 Å². The van der Waals surface area contributed by atoms with E-state index in [4.69, 9.17) is 0 Å². The summed E-state index contributed by atoms with van der Waals surface area (Å²) in [7, 11) is 2.14. The van der Waals surface area contributed by atoms with Gasteiger partial charge in [-0.3, -0.25) is 4.90 Å². The molecule has 1 aliphatic heterocycles. The molecular weight excluding hydrogens is 284 g/mol. The molecule has 0 amide bonds. The number of nitrogens with zero attached hydrogens (tertiary/aromatic N) is 2. The van der Waals surface area contributed by atoms with Gasteiger partial charge in [-0.2, -0.15) is 0 Å². The van der Waals surface area contributed by atoms with E-state index in [1.54, 1.807) is 0 Å². The minimum absolute atomic E-state index is 0.489. The Morgan fingerprint density at radius 1 is 1.38 bits per heavy atom. The van der Waals surface area contributed by atoms with E-state index in [0.717, 1.165) is 41.8 Å². The van der Waals surface area contributed by atoms with Crippen molar-refractivity contribution in [2.24, 2.45) is 0 Å². The molecule has 4 nitrogen and oxygen atoms in total. The van der Waals surface area contributed by atoms with Crippen LogP contribution in [0.4, 0.5) is 0 Å². The maximum absolute atomic E-state index is 11.5. The van der Waals surface area contributed by atoms with Crippen LogP contribution >= 0.6 is 11.3 Å². The summed E-state index contributed by atoms with van der Waals surface area (Å²) in [4.78, 5) is 16.7. The summed E-state index contributed by atoms with van der Waals surface area (Å²) in [5, 5.41) is 10.6. The molecular formula is C16H20N2O2S. The molecule has 1 atom stereocenters. The highest BCUT2D eigenvalue weighted by Crippen LogP contribution is 2.32. The Balaban J connectivity index is 1.92. The Morgan fingerprint density at radius 2 is 2.14 bits per heavy atom. The number of carbonyl (C=O) groups is 1. The Labute approximate surface area is 128 Å². The number of carboxylic acids is 1.